The van der Waals surface area contributed by atoms with Gasteiger partial charge in [0.05, 0.1) is 6.54 Å². The quantitative estimate of drug-likeness (QED) is 0.469. The molecule has 2 aliphatic heterocycles. The fraction of sp³-hybridized carbons (Fsp3) is 0.500. The fourth-order valence-corrected chi connectivity index (χ4v) is 4.05. The number of rotatable bonds is 6. The third-order valence-electron chi connectivity index (χ3n) is 5.92. The highest BCUT2D eigenvalue weighted by Crippen LogP contribution is 2.24. The zero-order valence-corrected chi connectivity index (χ0v) is 22.1. The van der Waals surface area contributed by atoms with E-state index in [9.17, 15) is 28.4 Å². The molecule has 0 bridgehead atoms. The largest absolute Gasteiger partial charge is 0.465 e. The van der Waals surface area contributed by atoms with Gasteiger partial charge in [-0.15, -0.1) is 0 Å². The zero-order valence-electron chi connectivity index (χ0n) is 22.1. The van der Waals surface area contributed by atoms with E-state index in [2.05, 4.69) is 11.9 Å². The Labute approximate surface area is 223 Å². The Kier molecular flexibility index (Phi) is 9.97. The van der Waals surface area contributed by atoms with Gasteiger partial charge in [-0.25, -0.2) is 14.0 Å². The number of amides is 4. The Bertz CT molecular complexity index is 1130. The van der Waals surface area contributed by atoms with Crippen LogP contribution >= 0.6 is 0 Å². The van der Waals surface area contributed by atoms with Gasteiger partial charge >= 0.3 is 12.2 Å². The number of ether oxygens (including phenoxy) is 1. The van der Waals surface area contributed by atoms with E-state index in [-0.39, 0.29) is 33.0 Å². The number of hydrogen-bond donors (Lipinski definition) is 3. The molecule has 2 aliphatic rings. The van der Waals surface area contributed by atoms with E-state index < -0.39 is 41.7 Å². The molecule has 3 rings (SSSR count). The van der Waals surface area contributed by atoms with E-state index in [1.54, 1.807) is 32.9 Å². The van der Waals surface area contributed by atoms with Gasteiger partial charge in [0.2, 0.25) is 11.8 Å². The van der Waals surface area contributed by atoms with Crippen LogP contribution in [0.3, 0.4) is 0 Å². The van der Waals surface area contributed by atoms with Gasteiger partial charge < -0.3 is 25.8 Å². The summed E-state index contributed by atoms with van der Waals surface area (Å²) in [5.74, 6) is -1.81. The standard InChI is InChI=1S/C17H27N3O5.C9H8FNO2.2H2/c1-10(2)13(21)9-11(19-16(24)25-17(3,4)5)15(23)20-8-6-7-12(20)14(18)22;10-8-3-1-2-6-4-11(9(12)13)5-7(6)8;;/h11-12H,1,6-9H2,2-5H3,(H2,18,22)(H,19,24);1-3H,4-5H2,(H,12,13);2*1H/t11-,12?;;;/m0.../s1. The molecule has 4 amide bonds. The number of halogens is 1. The third-order valence-corrected chi connectivity index (χ3v) is 5.92. The van der Waals surface area contributed by atoms with Crippen LogP contribution in [0.1, 0.15) is 60.9 Å². The van der Waals surface area contributed by atoms with Gasteiger partial charge in [-0.3, -0.25) is 19.3 Å². The lowest BCUT2D eigenvalue weighted by atomic mass is 10.0. The first-order valence-electron chi connectivity index (χ1n) is 12.1. The lowest BCUT2D eigenvalue weighted by molar-refractivity contribution is -0.139. The number of carboxylic acid groups (broad SMARTS) is 1. The highest BCUT2D eigenvalue weighted by atomic mass is 19.1. The normalized spacial score (nSPS) is 17.0. The smallest absolute Gasteiger partial charge is 0.408 e. The second-order valence-electron chi connectivity index (χ2n) is 10.2. The van der Waals surface area contributed by atoms with Crippen LogP contribution in [0.5, 0.6) is 0 Å². The Morgan fingerprint density at radius 3 is 2.45 bits per heavy atom. The van der Waals surface area contributed by atoms with E-state index in [4.69, 9.17) is 15.6 Å². The number of nitrogens with two attached hydrogens (primary N) is 1. The molecular formula is C26H39FN4O7. The molecule has 0 saturated carbocycles. The van der Waals surface area contributed by atoms with E-state index in [1.165, 1.54) is 22.8 Å². The molecule has 1 aromatic carbocycles. The number of ketones is 1. The van der Waals surface area contributed by atoms with Crippen LogP contribution in [-0.4, -0.2) is 68.9 Å². The number of benzene rings is 1. The lowest BCUT2D eigenvalue weighted by Gasteiger charge is -2.28. The summed E-state index contributed by atoms with van der Waals surface area (Å²) in [6.07, 6.45) is -0.970. The average Bonchev–Trinajstić information content (AvgIpc) is 3.45. The SMILES string of the molecule is C=C(C)C(=O)C[C@H](NC(=O)OC(C)(C)C)C(=O)N1CCCC1C(N)=O.O=C(O)N1Cc2cccc(F)c2C1.[HH].[HH]. The van der Waals surface area contributed by atoms with Crippen molar-refractivity contribution in [2.75, 3.05) is 6.54 Å². The van der Waals surface area contributed by atoms with E-state index in [0.717, 1.165) is 5.56 Å². The van der Waals surface area contributed by atoms with Crippen molar-refractivity contribution in [1.29, 1.82) is 0 Å². The Balaban J connectivity index is 0.000000852. The number of Topliss-reactive ketones (excluding diaryl/α,β-unsaturated/α-hetero) is 1. The Hall–Kier alpha value is -3.96. The maximum Gasteiger partial charge on any atom is 0.408 e. The number of carbonyl (C=O) groups is 5. The molecule has 12 heteroatoms. The molecule has 38 heavy (non-hydrogen) atoms. The van der Waals surface area contributed by atoms with Crippen LogP contribution in [0.2, 0.25) is 0 Å². The summed E-state index contributed by atoms with van der Waals surface area (Å²) in [7, 11) is 0. The molecule has 0 aromatic heterocycles. The number of hydrogen-bond acceptors (Lipinski definition) is 6. The predicted molar refractivity (Wildman–Crippen MR) is 139 cm³/mol. The number of nitrogens with one attached hydrogen (secondary N) is 1. The van der Waals surface area contributed by atoms with Crippen molar-refractivity contribution in [1.82, 2.24) is 15.1 Å². The van der Waals surface area contributed by atoms with Crippen LogP contribution < -0.4 is 11.1 Å². The second-order valence-corrected chi connectivity index (χ2v) is 10.2. The van der Waals surface area contributed by atoms with Gasteiger partial charge in [-0.05, 0) is 57.7 Å². The van der Waals surface area contributed by atoms with Crippen LogP contribution in [0, 0.1) is 5.82 Å². The molecule has 1 fully saturated rings. The predicted octanol–water partition coefficient (Wildman–Crippen LogP) is 3.20. The molecule has 0 aliphatic carbocycles. The lowest BCUT2D eigenvalue weighted by Crippen LogP contribution is -2.54. The number of primary amides is 1. The van der Waals surface area contributed by atoms with Gasteiger partial charge in [0.15, 0.2) is 5.78 Å². The van der Waals surface area contributed by atoms with Crippen molar-refractivity contribution >= 4 is 29.8 Å². The number of carbonyl (C=O) groups excluding carboxylic acids is 4. The molecule has 4 N–H and O–H groups in total. The third kappa shape index (κ3) is 8.29. The van der Waals surface area contributed by atoms with Crippen molar-refractivity contribution in [3.05, 3.63) is 47.3 Å². The summed E-state index contributed by atoms with van der Waals surface area (Å²) in [6, 6.07) is 2.83. The minimum Gasteiger partial charge on any atom is -0.465 e. The van der Waals surface area contributed by atoms with Crippen LogP contribution in [-0.2, 0) is 32.2 Å². The van der Waals surface area contributed by atoms with Crippen molar-refractivity contribution in [2.24, 2.45) is 5.73 Å². The molecule has 2 atom stereocenters. The van der Waals surface area contributed by atoms with Gasteiger partial charge in [-0.2, -0.15) is 0 Å². The summed E-state index contributed by atoms with van der Waals surface area (Å²) in [5.41, 5.74) is 6.13. The van der Waals surface area contributed by atoms with Crippen LogP contribution in [0.15, 0.2) is 30.4 Å². The van der Waals surface area contributed by atoms with Gasteiger partial charge in [-0.1, -0.05) is 18.7 Å². The van der Waals surface area contributed by atoms with Gasteiger partial charge in [0.25, 0.3) is 0 Å². The number of likely N-dealkylation sites (tertiary alicyclic amines) is 1. The Morgan fingerprint density at radius 1 is 1.26 bits per heavy atom. The maximum atomic E-state index is 13.1. The molecule has 0 spiro atoms. The summed E-state index contributed by atoms with van der Waals surface area (Å²) < 4.78 is 18.3. The molecule has 1 saturated heterocycles. The van der Waals surface area contributed by atoms with Crippen molar-refractivity contribution < 1.29 is 41.1 Å². The van der Waals surface area contributed by atoms with Crippen molar-refractivity contribution in [3.63, 3.8) is 0 Å². The number of allylic oxidation sites excluding steroid dienone is 1. The molecule has 1 aromatic rings. The van der Waals surface area contributed by atoms with Crippen molar-refractivity contribution in [2.45, 2.75) is 77.7 Å². The van der Waals surface area contributed by atoms with E-state index >= 15 is 0 Å². The number of nitrogens with zero attached hydrogens (tertiary/aromatic N) is 2. The number of alkyl carbamates (subject to hydrolysis) is 1. The molecule has 2 heterocycles. The molecule has 11 nitrogen and oxygen atoms in total. The number of fused-ring (bicyclic) bond motifs is 1. The van der Waals surface area contributed by atoms with Crippen molar-refractivity contribution in [3.8, 4) is 0 Å². The van der Waals surface area contributed by atoms with Crippen LogP contribution in [0.25, 0.3) is 0 Å². The first-order valence-corrected chi connectivity index (χ1v) is 12.1. The summed E-state index contributed by atoms with van der Waals surface area (Å²) in [5, 5.41) is 11.1. The Morgan fingerprint density at radius 2 is 1.92 bits per heavy atom. The summed E-state index contributed by atoms with van der Waals surface area (Å²) >= 11 is 0. The summed E-state index contributed by atoms with van der Waals surface area (Å²) in [6.45, 7) is 10.9. The second kappa shape index (κ2) is 12.5. The fourth-order valence-electron chi connectivity index (χ4n) is 4.05. The van der Waals surface area contributed by atoms with E-state index in [1.807, 2.05) is 0 Å². The van der Waals surface area contributed by atoms with Crippen LogP contribution in [0.4, 0.5) is 14.0 Å². The highest BCUT2D eigenvalue weighted by molar-refractivity contribution is 6.00. The van der Waals surface area contributed by atoms with Gasteiger partial charge in [0.1, 0.15) is 23.5 Å². The maximum absolute atomic E-state index is 13.1. The molecule has 0 radical (unpaired) electrons. The molecule has 1 unspecified atom stereocenters. The minimum atomic E-state index is -1.14. The average molecular weight is 539 g/mol. The first kappa shape index (κ1) is 30.3. The molecular weight excluding hydrogens is 499 g/mol. The zero-order chi connectivity index (χ0) is 28.8. The minimum absolute atomic E-state index is 0. The van der Waals surface area contributed by atoms with Gasteiger partial charge in [0, 0.05) is 27.9 Å². The monoisotopic (exact) mass is 538 g/mol. The molecule has 212 valence electrons. The topological polar surface area (TPSA) is 159 Å². The van der Waals surface area contributed by atoms with E-state index in [0.29, 0.717) is 31.5 Å². The summed E-state index contributed by atoms with van der Waals surface area (Å²) in [4.78, 5) is 61.4. The highest BCUT2D eigenvalue weighted by Gasteiger charge is 2.38. The first-order chi connectivity index (χ1) is 17.6.